The molecule has 1 aromatic heterocycles. The highest BCUT2D eigenvalue weighted by atomic mass is 79.9. The van der Waals surface area contributed by atoms with E-state index in [1.807, 2.05) is 25.1 Å². The number of carbonyl (C=O) groups is 1. The molecule has 1 fully saturated rings. The first-order valence-corrected chi connectivity index (χ1v) is 7.94. The van der Waals surface area contributed by atoms with E-state index >= 15 is 0 Å². The molecular formula is C16H17BrN2O2. The maximum absolute atomic E-state index is 11.8. The zero-order valence-electron chi connectivity index (χ0n) is 11.9. The van der Waals surface area contributed by atoms with Gasteiger partial charge in [-0.05, 0) is 43.7 Å². The van der Waals surface area contributed by atoms with Crippen LogP contribution in [0.3, 0.4) is 0 Å². The number of aromatic nitrogens is 1. The van der Waals surface area contributed by atoms with Crippen LogP contribution in [0.2, 0.25) is 0 Å². The fourth-order valence-electron chi connectivity index (χ4n) is 2.68. The molecule has 110 valence electrons. The quantitative estimate of drug-likeness (QED) is 0.797. The van der Waals surface area contributed by atoms with Crippen molar-refractivity contribution in [1.82, 2.24) is 4.98 Å². The number of hydrogen-bond acceptors (Lipinski definition) is 4. The minimum absolute atomic E-state index is 0.0348. The van der Waals surface area contributed by atoms with Crippen molar-refractivity contribution in [3.05, 3.63) is 34.8 Å². The Hall–Kier alpha value is -1.62. The van der Waals surface area contributed by atoms with E-state index in [1.54, 1.807) is 0 Å². The van der Waals surface area contributed by atoms with Gasteiger partial charge in [0.2, 0.25) is 0 Å². The molecule has 2 aromatic rings. The standard InChI is InChI=1S/C16H17BrN2O2/c1-2-21-16(20)12-7-8-19(10-12)15-6-3-11-9-13(17)4-5-14(11)18-15/h3-6,9,12H,2,7-8,10H2,1H3. The molecule has 0 saturated carbocycles. The summed E-state index contributed by atoms with van der Waals surface area (Å²) in [5.41, 5.74) is 0.968. The van der Waals surface area contributed by atoms with Crippen LogP contribution in [0, 0.1) is 5.92 Å². The van der Waals surface area contributed by atoms with E-state index in [0.29, 0.717) is 13.2 Å². The van der Waals surface area contributed by atoms with Crippen molar-refractivity contribution in [1.29, 1.82) is 0 Å². The number of ether oxygens (including phenoxy) is 1. The molecule has 0 aliphatic carbocycles. The zero-order chi connectivity index (χ0) is 14.8. The van der Waals surface area contributed by atoms with Gasteiger partial charge in [0.25, 0.3) is 0 Å². The third-order valence-corrected chi connectivity index (χ3v) is 4.26. The van der Waals surface area contributed by atoms with Gasteiger partial charge in [-0.25, -0.2) is 4.98 Å². The van der Waals surface area contributed by atoms with Gasteiger partial charge in [-0.2, -0.15) is 0 Å². The second kappa shape index (κ2) is 6.02. The summed E-state index contributed by atoms with van der Waals surface area (Å²) in [6.07, 6.45) is 0.832. The van der Waals surface area contributed by atoms with Crippen molar-refractivity contribution in [2.75, 3.05) is 24.6 Å². The predicted molar refractivity (Wildman–Crippen MR) is 86.4 cm³/mol. The van der Waals surface area contributed by atoms with Crippen LogP contribution in [0.25, 0.3) is 10.9 Å². The first-order valence-electron chi connectivity index (χ1n) is 7.15. The number of esters is 1. The molecule has 3 rings (SSSR count). The summed E-state index contributed by atoms with van der Waals surface area (Å²) in [6, 6.07) is 10.1. The van der Waals surface area contributed by atoms with Crippen molar-refractivity contribution in [2.24, 2.45) is 5.92 Å². The third-order valence-electron chi connectivity index (χ3n) is 3.77. The second-order valence-corrected chi connectivity index (χ2v) is 6.11. The highest BCUT2D eigenvalue weighted by Crippen LogP contribution is 2.26. The number of nitrogens with zero attached hydrogens (tertiary/aromatic N) is 2. The van der Waals surface area contributed by atoms with Crippen molar-refractivity contribution in [3.8, 4) is 0 Å². The van der Waals surface area contributed by atoms with Crippen LogP contribution >= 0.6 is 15.9 Å². The van der Waals surface area contributed by atoms with Gasteiger partial charge >= 0.3 is 5.97 Å². The second-order valence-electron chi connectivity index (χ2n) is 5.19. The molecule has 0 spiro atoms. The Balaban J connectivity index is 1.79. The van der Waals surface area contributed by atoms with E-state index in [1.165, 1.54) is 0 Å². The summed E-state index contributed by atoms with van der Waals surface area (Å²) in [6.45, 7) is 3.82. The Kier molecular flexibility index (Phi) is 4.10. The molecular weight excluding hydrogens is 332 g/mol. The molecule has 0 amide bonds. The van der Waals surface area contributed by atoms with Crippen molar-refractivity contribution >= 4 is 38.6 Å². The molecule has 1 atom stereocenters. The van der Waals surface area contributed by atoms with E-state index in [0.717, 1.165) is 34.2 Å². The Labute approximate surface area is 132 Å². The summed E-state index contributed by atoms with van der Waals surface area (Å²) in [5.74, 6) is 0.800. The lowest BCUT2D eigenvalue weighted by Crippen LogP contribution is -2.24. The molecule has 2 heterocycles. The Morgan fingerprint density at radius 2 is 2.29 bits per heavy atom. The van der Waals surface area contributed by atoms with Crippen LogP contribution in [0.4, 0.5) is 5.82 Å². The number of hydrogen-bond donors (Lipinski definition) is 0. The van der Waals surface area contributed by atoms with Gasteiger partial charge in [-0.15, -0.1) is 0 Å². The Morgan fingerprint density at radius 3 is 3.10 bits per heavy atom. The van der Waals surface area contributed by atoms with Crippen molar-refractivity contribution < 1.29 is 9.53 Å². The molecule has 21 heavy (non-hydrogen) atoms. The highest BCUT2D eigenvalue weighted by Gasteiger charge is 2.30. The zero-order valence-corrected chi connectivity index (χ0v) is 13.5. The van der Waals surface area contributed by atoms with Gasteiger partial charge in [0.05, 0.1) is 18.0 Å². The minimum atomic E-state index is -0.0929. The fraction of sp³-hybridized carbons (Fsp3) is 0.375. The summed E-state index contributed by atoms with van der Waals surface area (Å²) < 4.78 is 6.15. The minimum Gasteiger partial charge on any atom is -0.466 e. The molecule has 5 heteroatoms. The van der Waals surface area contributed by atoms with E-state index in [4.69, 9.17) is 9.72 Å². The molecule has 0 bridgehead atoms. The predicted octanol–water partition coefficient (Wildman–Crippen LogP) is 3.39. The number of carbonyl (C=O) groups excluding carboxylic acids is 1. The molecule has 1 aliphatic heterocycles. The average Bonchev–Trinajstić information content (AvgIpc) is 2.97. The average molecular weight is 349 g/mol. The van der Waals surface area contributed by atoms with Crippen LogP contribution in [0.15, 0.2) is 34.8 Å². The lowest BCUT2D eigenvalue weighted by Gasteiger charge is -2.17. The maximum Gasteiger partial charge on any atom is 0.310 e. The van der Waals surface area contributed by atoms with Gasteiger partial charge in [-0.1, -0.05) is 15.9 Å². The smallest absolute Gasteiger partial charge is 0.310 e. The van der Waals surface area contributed by atoms with Crippen molar-refractivity contribution in [3.63, 3.8) is 0 Å². The number of benzene rings is 1. The summed E-state index contributed by atoms with van der Waals surface area (Å²) in [5, 5.41) is 1.11. The molecule has 4 nitrogen and oxygen atoms in total. The van der Waals surface area contributed by atoms with Crippen LogP contribution in [0.5, 0.6) is 0 Å². The maximum atomic E-state index is 11.8. The molecule has 0 N–H and O–H groups in total. The molecule has 1 aromatic carbocycles. The first kappa shape index (κ1) is 14.3. The summed E-state index contributed by atoms with van der Waals surface area (Å²) in [7, 11) is 0. The Bertz CT molecular complexity index is 674. The normalized spacial score (nSPS) is 18.2. The number of pyridine rings is 1. The SMILES string of the molecule is CCOC(=O)C1CCN(c2ccc3cc(Br)ccc3n2)C1. The molecule has 1 unspecified atom stereocenters. The number of anilines is 1. The number of fused-ring (bicyclic) bond motifs is 1. The molecule has 1 aliphatic rings. The number of halogens is 1. The van der Waals surface area contributed by atoms with Crippen LogP contribution in [-0.2, 0) is 9.53 Å². The first-order chi connectivity index (χ1) is 10.2. The topological polar surface area (TPSA) is 42.4 Å². The van der Waals surface area contributed by atoms with Gasteiger partial charge < -0.3 is 9.64 Å². The lowest BCUT2D eigenvalue weighted by atomic mass is 10.1. The van der Waals surface area contributed by atoms with E-state index < -0.39 is 0 Å². The van der Waals surface area contributed by atoms with Gasteiger partial charge in [-0.3, -0.25) is 4.79 Å². The summed E-state index contributed by atoms with van der Waals surface area (Å²) in [4.78, 5) is 18.6. The Morgan fingerprint density at radius 1 is 1.43 bits per heavy atom. The summed E-state index contributed by atoms with van der Waals surface area (Å²) >= 11 is 3.47. The number of rotatable bonds is 3. The van der Waals surface area contributed by atoms with Gasteiger partial charge in [0.1, 0.15) is 5.82 Å². The van der Waals surface area contributed by atoms with Gasteiger partial charge in [0.15, 0.2) is 0 Å². The van der Waals surface area contributed by atoms with Crippen LogP contribution < -0.4 is 4.90 Å². The lowest BCUT2D eigenvalue weighted by molar-refractivity contribution is -0.147. The van der Waals surface area contributed by atoms with Gasteiger partial charge in [0, 0.05) is 22.9 Å². The van der Waals surface area contributed by atoms with Crippen molar-refractivity contribution in [2.45, 2.75) is 13.3 Å². The van der Waals surface area contributed by atoms with Crippen LogP contribution in [-0.4, -0.2) is 30.6 Å². The highest BCUT2D eigenvalue weighted by molar-refractivity contribution is 9.10. The largest absolute Gasteiger partial charge is 0.466 e. The molecule has 1 saturated heterocycles. The van der Waals surface area contributed by atoms with E-state index in [9.17, 15) is 4.79 Å². The third kappa shape index (κ3) is 3.02. The van der Waals surface area contributed by atoms with E-state index in [-0.39, 0.29) is 11.9 Å². The van der Waals surface area contributed by atoms with Crippen LogP contribution in [0.1, 0.15) is 13.3 Å². The van der Waals surface area contributed by atoms with E-state index in [2.05, 4.69) is 33.0 Å². The monoisotopic (exact) mass is 348 g/mol. The molecule has 0 radical (unpaired) electrons. The fourth-order valence-corrected chi connectivity index (χ4v) is 3.06.